The van der Waals surface area contributed by atoms with E-state index in [1.807, 2.05) is 25.1 Å². The summed E-state index contributed by atoms with van der Waals surface area (Å²) >= 11 is 1.36. The number of rotatable bonds is 9. The van der Waals surface area contributed by atoms with Gasteiger partial charge in [0.1, 0.15) is 17.7 Å². The van der Waals surface area contributed by atoms with Crippen molar-refractivity contribution in [3.63, 3.8) is 0 Å². The molecule has 0 saturated heterocycles. The van der Waals surface area contributed by atoms with E-state index >= 15 is 0 Å². The molecule has 2 aromatic carbocycles. The summed E-state index contributed by atoms with van der Waals surface area (Å²) in [5, 5.41) is 5.75. The second-order valence-electron chi connectivity index (χ2n) is 9.39. The van der Waals surface area contributed by atoms with Gasteiger partial charge in [0, 0.05) is 6.07 Å². The van der Waals surface area contributed by atoms with Gasteiger partial charge in [0.2, 0.25) is 11.8 Å². The standard InChI is InChI=1S/C28H31F2N3O3S/c1-17-26(24-11-7-6-8-20(24)16-36-23-9-4-3-5-10-23)37-28(32-17)33-27(35)18(2)31-25(34)14-19-12-21(29)15-22(30)13-19/h6-8,11-13,15,18,23H,3-5,9-10,14,16H2,1-2H3,(H,31,34)(H,32,33,35). The molecule has 196 valence electrons. The summed E-state index contributed by atoms with van der Waals surface area (Å²) in [6.07, 6.45) is 5.97. The largest absolute Gasteiger partial charge is 0.374 e. The first-order valence-corrected chi connectivity index (χ1v) is 13.3. The minimum Gasteiger partial charge on any atom is -0.374 e. The van der Waals surface area contributed by atoms with Crippen LogP contribution in [-0.2, 0) is 27.4 Å². The summed E-state index contributed by atoms with van der Waals surface area (Å²) < 4.78 is 32.9. The van der Waals surface area contributed by atoms with Gasteiger partial charge in [-0.3, -0.25) is 9.59 Å². The molecule has 1 aromatic heterocycles. The summed E-state index contributed by atoms with van der Waals surface area (Å²) in [7, 11) is 0. The van der Waals surface area contributed by atoms with Crippen LogP contribution in [-0.4, -0.2) is 28.9 Å². The van der Waals surface area contributed by atoms with E-state index < -0.39 is 29.5 Å². The topological polar surface area (TPSA) is 80.3 Å². The summed E-state index contributed by atoms with van der Waals surface area (Å²) in [6, 6.07) is 10.1. The van der Waals surface area contributed by atoms with Crippen molar-refractivity contribution in [3.05, 3.63) is 70.9 Å². The zero-order valence-corrected chi connectivity index (χ0v) is 21.8. The summed E-state index contributed by atoms with van der Waals surface area (Å²) in [5.41, 5.74) is 3.08. The van der Waals surface area contributed by atoms with Gasteiger partial charge < -0.3 is 15.4 Å². The number of thiazole rings is 1. The summed E-state index contributed by atoms with van der Waals surface area (Å²) in [6.45, 7) is 3.96. The fourth-order valence-electron chi connectivity index (χ4n) is 4.48. The van der Waals surface area contributed by atoms with Gasteiger partial charge in [0.05, 0.1) is 29.7 Å². The molecule has 1 fully saturated rings. The van der Waals surface area contributed by atoms with E-state index in [-0.39, 0.29) is 12.0 Å². The van der Waals surface area contributed by atoms with E-state index in [4.69, 9.17) is 4.74 Å². The number of carbonyl (C=O) groups is 2. The van der Waals surface area contributed by atoms with Crippen LogP contribution < -0.4 is 10.6 Å². The van der Waals surface area contributed by atoms with Crippen molar-refractivity contribution in [2.75, 3.05) is 5.32 Å². The fraction of sp³-hybridized carbons (Fsp3) is 0.393. The van der Waals surface area contributed by atoms with Crippen LogP contribution in [0, 0.1) is 18.6 Å². The highest BCUT2D eigenvalue weighted by Crippen LogP contribution is 2.35. The molecular weight excluding hydrogens is 496 g/mol. The Hall–Kier alpha value is -3.17. The maximum Gasteiger partial charge on any atom is 0.248 e. The lowest BCUT2D eigenvalue weighted by molar-refractivity contribution is -0.125. The maximum absolute atomic E-state index is 13.4. The first-order chi connectivity index (χ1) is 17.8. The van der Waals surface area contributed by atoms with Crippen molar-refractivity contribution in [1.82, 2.24) is 10.3 Å². The molecule has 2 amide bonds. The van der Waals surface area contributed by atoms with Gasteiger partial charge in [0.25, 0.3) is 0 Å². The maximum atomic E-state index is 13.4. The Morgan fingerprint density at radius 3 is 2.54 bits per heavy atom. The molecule has 37 heavy (non-hydrogen) atoms. The summed E-state index contributed by atoms with van der Waals surface area (Å²) in [5.74, 6) is -2.47. The second kappa shape index (κ2) is 12.4. The van der Waals surface area contributed by atoms with E-state index in [0.717, 1.165) is 52.7 Å². The molecule has 6 nitrogen and oxygen atoms in total. The Kier molecular flexibility index (Phi) is 9.00. The number of hydrogen-bond donors (Lipinski definition) is 2. The summed E-state index contributed by atoms with van der Waals surface area (Å²) in [4.78, 5) is 30.5. The van der Waals surface area contributed by atoms with Crippen LogP contribution in [0.25, 0.3) is 10.4 Å². The van der Waals surface area contributed by atoms with Crippen LogP contribution in [0.15, 0.2) is 42.5 Å². The zero-order valence-electron chi connectivity index (χ0n) is 21.0. The lowest BCUT2D eigenvalue weighted by Gasteiger charge is -2.22. The van der Waals surface area contributed by atoms with Crippen molar-refractivity contribution in [1.29, 1.82) is 0 Å². The number of halogens is 2. The molecule has 1 aliphatic carbocycles. The molecule has 0 radical (unpaired) electrons. The monoisotopic (exact) mass is 527 g/mol. The van der Waals surface area contributed by atoms with Crippen LogP contribution in [0.4, 0.5) is 13.9 Å². The molecule has 4 rings (SSSR count). The van der Waals surface area contributed by atoms with Gasteiger partial charge in [-0.05, 0) is 55.5 Å². The molecule has 1 unspecified atom stereocenters. The number of amides is 2. The number of anilines is 1. The van der Waals surface area contributed by atoms with Crippen LogP contribution in [0.3, 0.4) is 0 Å². The Morgan fingerprint density at radius 2 is 1.81 bits per heavy atom. The number of hydrogen-bond acceptors (Lipinski definition) is 5. The van der Waals surface area contributed by atoms with Crippen LogP contribution >= 0.6 is 11.3 Å². The van der Waals surface area contributed by atoms with E-state index in [0.29, 0.717) is 17.8 Å². The van der Waals surface area contributed by atoms with Crippen molar-refractivity contribution in [3.8, 4) is 10.4 Å². The van der Waals surface area contributed by atoms with Gasteiger partial charge in [-0.2, -0.15) is 0 Å². The third-order valence-electron chi connectivity index (χ3n) is 6.37. The molecular formula is C28H31F2N3O3S. The van der Waals surface area contributed by atoms with E-state index in [1.165, 1.54) is 30.6 Å². The molecule has 2 N–H and O–H groups in total. The van der Waals surface area contributed by atoms with E-state index in [1.54, 1.807) is 6.92 Å². The second-order valence-corrected chi connectivity index (χ2v) is 10.4. The Labute approximate surface area is 219 Å². The minimum atomic E-state index is -0.866. The Bertz CT molecular complexity index is 1240. The smallest absolute Gasteiger partial charge is 0.248 e. The minimum absolute atomic E-state index is 0.189. The highest BCUT2D eigenvalue weighted by Gasteiger charge is 2.20. The molecule has 1 heterocycles. The molecule has 1 atom stereocenters. The van der Waals surface area contributed by atoms with Crippen molar-refractivity contribution >= 4 is 28.3 Å². The van der Waals surface area contributed by atoms with Gasteiger partial charge in [0.15, 0.2) is 5.13 Å². The van der Waals surface area contributed by atoms with Crippen LogP contribution in [0.1, 0.15) is 55.8 Å². The molecule has 1 aliphatic rings. The molecule has 0 aliphatic heterocycles. The van der Waals surface area contributed by atoms with Crippen molar-refractivity contribution < 1.29 is 23.1 Å². The molecule has 1 saturated carbocycles. The number of ether oxygens (including phenoxy) is 1. The van der Waals surface area contributed by atoms with Crippen molar-refractivity contribution in [2.45, 2.75) is 71.1 Å². The number of benzene rings is 2. The number of nitrogens with zero attached hydrogens (tertiary/aromatic N) is 1. The predicted molar refractivity (Wildman–Crippen MR) is 140 cm³/mol. The number of aromatic nitrogens is 1. The molecule has 0 bridgehead atoms. The molecule has 3 aromatic rings. The van der Waals surface area contributed by atoms with Crippen LogP contribution in [0.5, 0.6) is 0 Å². The number of nitrogens with one attached hydrogen (secondary N) is 2. The highest BCUT2D eigenvalue weighted by atomic mass is 32.1. The van der Waals surface area contributed by atoms with Gasteiger partial charge in [-0.25, -0.2) is 13.8 Å². The Balaban J connectivity index is 1.37. The quantitative estimate of drug-likeness (QED) is 0.361. The number of aryl methyl sites for hydroxylation is 1. The molecule has 0 spiro atoms. The highest BCUT2D eigenvalue weighted by molar-refractivity contribution is 7.19. The lowest BCUT2D eigenvalue weighted by atomic mass is 9.97. The van der Waals surface area contributed by atoms with Gasteiger partial charge >= 0.3 is 0 Å². The van der Waals surface area contributed by atoms with Gasteiger partial charge in [-0.1, -0.05) is 54.9 Å². The SMILES string of the molecule is Cc1nc(NC(=O)C(C)NC(=O)Cc2cc(F)cc(F)c2)sc1-c1ccccc1COC1CCCCC1. The fourth-order valence-corrected chi connectivity index (χ4v) is 5.51. The average Bonchev–Trinajstić information content (AvgIpc) is 3.22. The zero-order chi connectivity index (χ0) is 26.4. The third kappa shape index (κ3) is 7.42. The molecule has 9 heteroatoms. The first kappa shape index (κ1) is 26.9. The normalized spacial score (nSPS) is 14.8. The van der Waals surface area contributed by atoms with Gasteiger partial charge in [-0.15, -0.1) is 0 Å². The third-order valence-corrected chi connectivity index (χ3v) is 7.48. The van der Waals surface area contributed by atoms with Crippen molar-refractivity contribution in [2.24, 2.45) is 0 Å². The lowest BCUT2D eigenvalue weighted by Crippen LogP contribution is -2.42. The van der Waals surface area contributed by atoms with E-state index in [2.05, 4.69) is 21.7 Å². The first-order valence-electron chi connectivity index (χ1n) is 12.5. The predicted octanol–water partition coefficient (Wildman–Crippen LogP) is 5.93. The van der Waals surface area contributed by atoms with Crippen LogP contribution in [0.2, 0.25) is 0 Å². The Morgan fingerprint density at radius 1 is 1.11 bits per heavy atom. The average molecular weight is 528 g/mol. The van der Waals surface area contributed by atoms with E-state index in [9.17, 15) is 18.4 Å². The number of carbonyl (C=O) groups excluding carboxylic acids is 2.